The molecule has 0 radical (unpaired) electrons. The molecule has 0 heterocycles. The van der Waals surface area contributed by atoms with Gasteiger partial charge in [0.25, 0.3) is 0 Å². The van der Waals surface area contributed by atoms with Crippen LogP contribution >= 0.6 is 38.5 Å². The molecule has 0 fully saturated rings. The van der Waals surface area contributed by atoms with Gasteiger partial charge in [-0.05, 0) is 65.6 Å². The number of aliphatic hydroxyl groups is 1. The molecular formula is C12H14BrIO. The Morgan fingerprint density at radius 3 is 2.93 bits per heavy atom. The Morgan fingerprint density at radius 1 is 1.53 bits per heavy atom. The van der Waals surface area contributed by atoms with Crippen molar-refractivity contribution in [1.82, 2.24) is 0 Å². The molecular weight excluding hydrogens is 367 g/mol. The van der Waals surface area contributed by atoms with Crippen LogP contribution in [-0.2, 0) is 0 Å². The van der Waals surface area contributed by atoms with Gasteiger partial charge in [-0.3, -0.25) is 0 Å². The second-order valence-corrected chi connectivity index (χ2v) is 5.48. The number of hydrogen-bond acceptors (Lipinski definition) is 1. The molecule has 0 saturated carbocycles. The molecule has 1 N–H and O–H groups in total. The zero-order valence-electron chi connectivity index (χ0n) is 8.42. The van der Waals surface area contributed by atoms with Crippen molar-refractivity contribution in [2.24, 2.45) is 0 Å². The van der Waals surface area contributed by atoms with Gasteiger partial charge in [-0.15, -0.1) is 6.58 Å². The van der Waals surface area contributed by atoms with Crippen LogP contribution in [0, 0.1) is 3.57 Å². The van der Waals surface area contributed by atoms with Crippen LogP contribution in [0.2, 0.25) is 0 Å². The minimum atomic E-state index is -0.366. The standard InChI is InChI=1S/C12H14BrIO/c1-2-3-4-5-12(15)10-8-9(13)6-7-11(10)14/h2,6-8,12,15H,1,3-5H2. The van der Waals surface area contributed by atoms with Crippen LogP contribution in [-0.4, -0.2) is 5.11 Å². The number of benzene rings is 1. The van der Waals surface area contributed by atoms with Crippen molar-refractivity contribution < 1.29 is 5.11 Å². The van der Waals surface area contributed by atoms with Crippen LogP contribution in [0.3, 0.4) is 0 Å². The molecule has 1 atom stereocenters. The van der Waals surface area contributed by atoms with Gasteiger partial charge in [0.05, 0.1) is 6.10 Å². The van der Waals surface area contributed by atoms with E-state index in [1.165, 1.54) is 0 Å². The first kappa shape index (κ1) is 13.2. The van der Waals surface area contributed by atoms with Gasteiger partial charge in [0.1, 0.15) is 0 Å². The highest BCUT2D eigenvalue weighted by atomic mass is 127. The molecule has 0 aliphatic carbocycles. The lowest BCUT2D eigenvalue weighted by Gasteiger charge is -2.12. The first-order valence-corrected chi connectivity index (χ1v) is 6.76. The molecule has 0 spiro atoms. The molecule has 0 aliphatic heterocycles. The Balaban J connectivity index is 2.67. The van der Waals surface area contributed by atoms with Gasteiger partial charge in [0, 0.05) is 8.04 Å². The van der Waals surface area contributed by atoms with Crippen LogP contribution in [0.1, 0.15) is 30.9 Å². The van der Waals surface area contributed by atoms with Gasteiger partial charge < -0.3 is 5.11 Å². The largest absolute Gasteiger partial charge is 0.388 e. The molecule has 0 aliphatic rings. The van der Waals surface area contributed by atoms with Crippen molar-refractivity contribution in [3.63, 3.8) is 0 Å². The normalized spacial score (nSPS) is 12.5. The number of halogens is 2. The summed E-state index contributed by atoms with van der Waals surface area (Å²) in [5.41, 5.74) is 1.01. The molecule has 1 nitrogen and oxygen atoms in total. The van der Waals surface area contributed by atoms with E-state index >= 15 is 0 Å². The van der Waals surface area contributed by atoms with E-state index in [9.17, 15) is 5.11 Å². The van der Waals surface area contributed by atoms with Gasteiger partial charge in [0.2, 0.25) is 0 Å². The van der Waals surface area contributed by atoms with Crippen LogP contribution in [0.15, 0.2) is 35.3 Å². The van der Waals surface area contributed by atoms with Crippen molar-refractivity contribution in [3.05, 3.63) is 44.5 Å². The second kappa shape index (κ2) is 6.66. The van der Waals surface area contributed by atoms with Gasteiger partial charge >= 0.3 is 0 Å². The molecule has 1 aromatic rings. The Morgan fingerprint density at radius 2 is 2.27 bits per heavy atom. The monoisotopic (exact) mass is 380 g/mol. The molecule has 0 bridgehead atoms. The highest BCUT2D eigenvalue weighted by Crippen LogP contribution is 2.27. The maximum absolute atomic E-state index is 9.99. The maximum atomic E-state index is 9.99. The third-order valence-corrected chi connectivity index (χ3v) is 3.68. The smallest absolute Gasteiger partial charge is 0.0800 e. The maximum Gasteiger partial charge on any atom is 0.0800 e. The van der Waals surface area contributed by atoms with Crippen molar-refractivity contribution >= 4 is 38.5 Å². The van der Waals surface area contributed by atoms with E-state index in [4.69, 9.17) is 0 Å². The van der Waals surface area contributed by atoms with E-state index in [0.717, 1.165) is 32.9 Å². The summed E-state index contributed by atoms with van der Waals surface area (Å²) < 4.78 is 2.13. The van der Waals surface area contributed by atoms with Gasteiger partial charge in [-0.2, -0.15) is 0 Å². The van der Waals surface area contributed by atoms with Gasteiger partial charge in [0.15, 0.2) is 0 Å². The fourth-order valence-electron chi connectivity index (χ4n) is 1.38. The highest BCUT2D eigenvalue weighted by molar-refractivity contribution is 14.1. The number of aliphatic hydroxyl groups excluding tert-OH is 1. The molecule has 1 rings (SSSR count). The molecule has 0 saturated heterocycles. The summed E-state index contributed by atoms with van der Waals surface area (Å²) in [6.45, 7) is 3.67. The zero-order chi connectivity index (χ0) is 11.3. The fourth-order valence-corrected chi connectivity index (χ4v) is 2.45. The lowest BCUT2D eigenvalue weighted by atomic mass is 10.0. The quantitative estimate of drug-likeness (QED) is 0.454. The highest BCUT2D eigenvalue weighted by Gasteiger charge is 2.10. The first-order chi connectivity index (χ1) is 7.15. The van der Waals surface area contributed by atoms with Crippen molar-refractivity contribution in [3.8, 4) is 0 Å². The average Bonchev–Trinajstić information content (AvgIpc) is 2.22. The van der Waals surface area contributed by atoms with Gasteiger partial charge in [-0.25, -0.2) is 0 Å². The number of hydrogen-bond donors (Lipinski definition) is 1. The summed E-state index contributed by atoms with van der Waals surface area (Å²) in [6.07, 6.45) is 4.25. The molecule has 1 aromatic carbocycles. The summed E-state index contributed by atoms with van der Waals surface area (Å²) in [5, 5.41) is 9.99. The van der Waals surface area contributed by atoms with E-state index in [2.05, 4.69) is 45.1 Å². The summed E-state index contributed by atoms with van der Waals surface area (Å²) >= 11 is 5.67. The summed E-state index contributed by atoms with van der Waals surface area (Å²) in [4.78, 5) is 0. The fraction of sp³-hybridized carbons (Fsp3) is 0.333. The Kier molecular flexibility index (Phi) is 5.86. The Bertz CT molecular complexity index is 338. The lowest BCUT2D eigenvalue weighted by molar-refractivity contribution is 0.164. The van der Waals surface area contributed by atoms with E-state index < -0.39 is 0 Å². The predicted octanol–water partition coefficient (Wildman–Crippen LogP) is 4.44. The molecule has 0 amide bonds. The van der Waals surface area contributed by atoms with E-state index in [1.807, 2.05) is 24.3 Å². The summed E-state index contributed by atoms with van der Waals surface area (Å²) in [5.74, 6) is 0. The zero-order valence-corrected chi connectivity index (χ0v) is 12.2. The van der Waals surface area contributed by atoms with E-state index in [0.29, 0.717) is 0 Å². The minimum absolute atomic E-state index is 0.366. The molecule has 15 heavy (non-hydrogen) atoms. The predicted molar refractivity (Wildman–Crippen MR) is 75.9 cm³/mol. The third kappa shape index (κ3) is 4.25. The van der Waals surface area contributed by atoms with Crippen molar-refractivity contribution in [2.75, 3.05) is 0 Å². The Hall–Kier alpha value is 0.130. The topological polar surface area (TPSA) is 20.2 Å². The van der Waals surface area contributed by atoms with Crippen molar-refractivity contribution in [2.45, 2.75) is 25.4 Å². The van der Waals surface area contributed by atoms with Crippen LogP contribution < -0.4 is 0 Å². The van der Waals surface area contributed by atoms with E-state index in [1.54, 1.807) is 0 Å². The Labute approximate surface area is 113 Å². The summed E-state index contributed by atoms with van der Waals surface area (Å²) in [7, 11) is 0. The minimum Gasteiger partial charge on any atom is -0.388 e. The van der Waals surface area contributed by atoms with Crippen LogP contribution in [0.4, 0.5) is 0 Å². The first-order valence-electron chi connectivity index (χ1n) is 4.89. The average molecular weight is 381 g/mol. The number of unbranched alkanes of at least 4 members (excludes halogenated alkanes) is 1. The summed E-state index contributed by atoms with van der Waals surface area (Å²) in [6, 6.07) is 5.98. The number of rotatable bonds is 5. The third-order valence-electron chi connectivity index (χ3n) is 2.20. The van der Waals surface area contributed by atoms with E-state index in [-0.39, 0.29) is 6.10 Å². The van der Waals surface area contributed by atoms with Crippen LogP contribution in [0.5, 0.6) is 0 Å². The SMILES string of the molecule is C=CCCCC(O)c1cc(Br)ccc1I. The molecule has 0 aromatic heterocycles. The number of allylic oxidation sites excluding steroid dienone is 1. The van der Waals surface area contributed by atoms with Crippen LogP contribution in [0.25, 0.3) is 0 Å². The second-order valence-electron chi connectivity index (χ2n) is 3.40. The molecule has 3 heteroatoms. The molecule has 1 unspecified atom stereocenters. The van der Waals surface area contributed by atoms with Gasteiger partial charge in [-0.1, -0.05) is 22.0 Å². The van der Waals surface area contributed by atoms with Crippen molar-refractivity contribution in [1.29, 1.82) is 0 Å². The lowest BCUT2D eigenvalue weighted by Crippen LogP contribution is -1.99. The molecule has 82 valence electrons.